The van der Waals surface area contributed by atoms with Crippen molar-refractivity contribution in [2.24, 2.45) is 5.73 Å². The lowest BCUT2D eigenvalue weighted by Gasteiger charge is -2.18. The van der Waals surface area contributed by atoms with Crippen molar-refractivity contribution in [1.82, 2.24) is 4.98 Å². The van der Waals surface area contributed by atoms with Gasteiger partial charge >= 0.3 is 5.97 Å². The van der Waals surface area contributed by atoms with E-state index in [0.29, 0.717) is 23.4 Å². The summed E-state index contributed by atoms with van der Waals surface area (Å²) < 4.78 is 5.18. The molecule has 0 spiro atoms. The van der Waals surface area contributed by atoms with Gasteiger partial charge in [-0.15, -0.1) is 0 Å². The predicted octanol–water partition coefficient (Wildman–Crippen LogP) is 2.41. The number of carboxylic acids is 1. The van der Waals surface area contributed by atoms with Crippen LogP contribution in [0.3, 0.4) is 0 Å². The molecule has 1 aliphatic heterocycles. The fourth-order valence-corrected chi connectivity index (χ4v) is 2.55. The number of hydrogen-bond acceptors (Lipinski definition) is 5. The Morgan fingerprint density at radius 1 is 1.23 bits per heavy atom. The second-order valence-corrected chi connectivity index (χ2v) is 5.56. The third-order valence-electron chi connectivity index (χ3n) is 3.79. The number of amides is 1. The maximum Gasteiger partial charge on any atom is 0.355 e. The fraction of sp³-hybridized carbons (Fsp3) is 0.105. The molecule has 7 nitrogen and oxygen atoms in total. The molecule has 3 aromatic rings. The molecule has 0 unspecified atom stereocenters. The minimum Gasteiger partial charge on any atom is -0.482 e. The molecule has 0 saturated carbocycles. The van der Waals surface area contributed by atoms with Crippen molar-refractivity contribution >= 4 is 28.3 Å². The van der Waals surface area contributed by atoms with Gasteiger partial charge in [0.15, 0.2) is 12.3 Å². The van der Waals surface area contributed by atoms with E-state index in [1.165, 1.54) is 6.20 Å². The van der Waals surface area contributed by atoms with Crippen LogP contribution in [0.1, 0.15) is 16.1 Å². The van der Waals surface area contributed by atoms with Crippen molar-refractivity contribution in [2.45, 2.75) is 6.54 Å². The quantitative estimate of drug-likeness (QED) is 0.653. The van der Waals surface area contributed by atoms with Crippen molar-refractivity contribution in [3.05, 3.63) is 66.0 Å². The zero-order valence-corrected chi connectivity index (χ0v) is 13.8. The summed E-state index contributed by atoms with van der Waals surface area (Å²) in [6.45, 7) is 0.554. The van der Waals surface area contributed by atoms with Gasteiger partial charge in [-0.25, -0.2) is 9.78 Å². The van der Waals surface area contributed by atoms with Crippen LogP contribution in [-0.4, -0.2) is 28.6 Å². The number of carbonyl (C=O) groups is 2. The maximum absolute atomic E-state index is 11.0. The number of rotatable bonds is 2. The first-order valence-corrected chi connectivity index (χ1v) is 7.91. The third kappa shape index (κ3) is 3.79. The van der Waals surface area contributed by atoms with Crippen LogP contribution >= 0.6 is 0 Å². The van der Waals surface area contributed by atoms with E-state index in [-0.39, 0.29) is 18.2 Å². The van der Waals surface area contributed by atoms with Crippen LogP contribution in [0.15, 0.2) is 54.7 Å². The lowest BCUT2D eigenvalue weighted by molar-refractivity contribution is -0.118. The molecule has 0 bridgehead atoms. The summed E-state index contributed by atoms with van der Waals surface area (Å²) in [6.07, 6.45) is 1.51. The van der Waals surface area contributed by atoms with Crippen molar-refractivity contribution in [3.8, 4) is 5.75 Å². The van der Waals surface area contributed by atoms with E-state index in [1.54, 1.807) is 18.2 Å². The Morgan fingerprint density at radius 2 is 2.04 bits per heavy atom. The SMILES string of the molecule is NCc1ccc2c(c1)NC(=O)CO2.O=C(O)c1nccc2ccccc12. The van der Waals surface area contributed by atoms with Gasteiger partial charge in [-0.2, -0.15) is 0 Å². The highest BCUT2D eigenvalue weighted by atomic mass is 16.5. The van der Waals surface area contributed by atoms with Gasteiger partial charge in [0.05, 0.1) is 5.69 Å². The monoisotopic (exact) mass is 351 g/mol. The Labute approximate surface area is 149 Å². The molecule has 1 aromatic heterocycles. The standard InChI is InChI=1S/C10H7NO2.C9H10N2O2/c12-10(13)9-8-4-2-1-3-7(8)5-6-11-9;10-4-6-1-2-8-7(3-6)11-9(12)5-13-8/h1-6H,(H,12,13);1-3H,4-5,10H2,(H,11,12). The summed E-state index contributed by atoms with van der Waals surface area (Å²) in [5.74, 6) is -0.407. The van der Waals surface area contributed by atoms with Crippen molar-refractivity contribution in [3.63, 3.8) is 0 Å². The van der Waals surface area contributed by atoms with Crippen LogP contribution in [-0.2, 0) is 11.3 Å². The number of ether oxygens (including phenoxy) is 1. The van der Waals surface area contributed by atoms with E-state index in [1.807, 2.05) is 30.3 Å². The Hall–Kier alpha value is -3.45. The van der Waals surface area contributed by atoms with Crippen LogP contribution in [0, 0.1) is 0 Å². The number of hydrogen-bond donors (Lipinski definition) is 3. The van der Waals surface area contributed by atoms with Gasteiger partial charge in [0.25, 0.3) is 5.91 Å². The van der Waals surface area contributed by atoms with E-state index in [4.69, 9.17) is 15.6 Å². The number of aromatic nitrogens is 1. The molecular formula is C19H17N3O4. The van der Waals surface area contributed by atoms with Gasteiger partial charge < -0.3 is 20.9 Å². The van der Waals surface area contributed by atoms with Gasteiger partial charge in [0, 0.05) is 18.1 Å². The van der Waals surface area contributed by atoms with E-state index in [0.717, 1.165) is 10.9 Å². The molecule has 2 aromatic carbocycles. The molecular weight excluding hydrogens is 334 g/mol. The van der Waals surface area contributed by atoms with Gasteiger partial charge in [-0.1, -0.05) is 30.3 Å². The summed E-state index contributed by atoms with van der Waals surface area (Å²) in [4.78, 5) is 25.5. The average Bonchev–Trinajstić information content (AvgIpc) is 2.67. The Kier molecular flexibility index (Phi) is 5.09. The Balaban J connectivity index is 0.000000151. The van der Waals surface area contributed by atoms with Crippen molar-refractivity contribution in [2.75, 3.05) is 11.9 Å². The van der Waals surface area contributed by atoms with Crippen LogP contribution in [0.5, 0.6) is 5.75 Å². The number of carbonyl (C=O) groups excluding carboxylic acids is 1. The van der Waals surface area contributed by atoms with E-state index in [2.05, 4.69) is 10.3 Å². The molecule has 1 aliphatic rings. The Bertz CT molecular complexity index is 967. The van der Waals surface area contributed by atoms with Gasteiger partial charge in [0.2, 0.25) is 0 Å². The number of fused-ring (bicyclic) bond motifs is 2. The number of benzene rings is 2. The van der Waals surface area contributed by atoms with Crippen molar-refractivity contribution < 1.29 is 19.4 Å². The molecule has 132 valence electrons. The normalized spacial score (nSPS) is 12.3. The molecule has 0 radical (unpaired) electrons. The molecule has 0 saturated heterocycles. The zero-order valence-electron chi connectivity index (χ0n) is 13.8. The minimum absolute atomic E-state index is 0.0922. The lowest BCUT2D eigenvalue weighted by Crippen LogP contribution is -2.25. The molecule has 4 N–H and O–H groups in total. The van der Waals surface area contributed by atoms with Crippen LogP contribution in [0.2, 0.25) is 0 Å². The van der Waals surface area contributed by atoms with Crippen molar-refractivity contribution in [1.29, 1.82) is 0 Å². The number of aromatic carboxylic acids is 1. The molecule has 26 heavy (non-hydrogen) atoms. The van der Waals surface area contributed by atoms with Crippen LogP contribution < -0.4 is 15.8 Å². The summed E-state index contributed by atoms with van der Waals surface area (Å²) in [7, 11) is 0. The number of nitrogens with zero attached hydrogens (tertiary/aromatic N) is 1. The highest BCUT2D eigenvalue weighted by Gasteiger charge is 2.15. The number of anilines is 1. The predicted molar refractivity (Wildman–Crippen MR) is 97.2 cm³/mol. The molecule has 0 atom stereocenters. The smallest absolute Gasteiger partial charge is 0.355 e. The molecule has 1 amide bonds. The molecule has 4 rings (SSSR count). The fourth-order valence-electron chi connectivity index (χ4n) is 2.55. The number of carboxylic acid groups (broad SMARTS) is 1. The zero-order chi connectivity index (χ0) is 18.5. The van der Waals surface area contributed by atoms with Crippen LogP contribution in [0.25, 0.3) is 10.8 Å². The van der Waals surface area contributed by atoms with Gasteiger partial charge in [0.1, 0.15) is 5.75 Å². The van der Waals surface area contributed by atoms with Gasteiger partial charge in [-0.3, -0.25) is 4.79 Å². The van der Waals surface area contributed by atoms with Crippen LogP contribution in [0.4, 0.5) is 5.69 Å². The van der Waals surface area contributed by atoms with Gasteiger partial charge in [-0.05, 0) is 29.1 Å². The first-order valence-electron chi connectivity index (χ1n) is 7.91. The number of nitrogens with one attached hydrogen (secondary N) is 1. The highest BCUT2D eigenvalue weighted by Crippen LogP contribution is 2.28. The Morgan fingerprint density at radius 3 is 2.81 bits per heavy atom. The summed E-state index contributed by atoms with van der Waals surface area (Å²) in [5, 5.41) is 13.1. The summed E-state index contributed by atoms with van der Waals surface area (Å²) in [6, 6.07) is 14.6. The van der Waals surface area contributed by atoms with E-state index < -0.39 is 5.97 Å². The maximum atomic E-state index is 11.0. The molecule has 0 fully saturated rings. The average molecular weight is 351 g/mol. The highest BCUT2D eigenvalue weighted by molar-refractivity contribution is 6.01. The van der Waals surface area contributed by atoms with E-state index in [9.17, 15) is 9.59 Å². The number of nitrogens with two attached hydrogens (primary N) is 1. The molecule has 7 heteroatoms. The van der Waals surface area contributed by atoms with E-state index >= 15 is 0 Å². The largest absolute Gasteiger partial charge is 0.482 e. The first-order chi connectivity index (χ1) is 12.6. The first kappa shape index (κ1) is 17.4. The lowest BCUT2D eigenvalue weighted by atomic mass is 10.1. The second-order valence-electron chi connectivity index (χ2n) is 5.56. The third-order valence-corrected chi connectivity index (χ3v) is 3.79. The topological polar surface area (TPSA) is 115 Å². The summed E-state index contributed by atoms with van der Waals surface area (Å²) >= 11 is 0. The number of pyridine rings is 1. The minimum atomic E-state index is -0.989. The molecule has 0 aliphatic carbocycles. The summed E-state index contributed by atoms with van der Waals surface area (Å²) in [5.41, 5.74) is 7.26. The molecule has 2 heterocycles. The second kappa shape index (κ2) is 7.62.